The number of aromatic amines is 2. The summed E-state index contributed by atoms with van der Waals surface area (Å²) in [4.78, 5) is 23.2. The third-order valence-electron chi connectivity index (χ3n) is 3.74. The Kier molecular flexibility index (Phi) is 3.82. The molecule has 3 heterocycles. The van der Waals surface area contributed by atoms with Crippen LogP contribution in [0.3, 0.4) is 0 Å². The van der Waals surface area contributed by atoms with Crippen molar-refractivity contribution >= 4 is 5.95 Å². The van der Waals surface area contributed by atoms with Gasteiger partial charge in [-0.2, -0.15) is 18.3 Å². The summed E-state index contributed by atoms with van der Waals surface area (Å²) in [6.45, 7) is 2.47. The number of hydrogen-bond donors (Lipinski definition) is 2. The van der Waals surface area contributed by atoms with Crippen molar-refractivity contribution in [1.82, 2.24) is 25.1 Å². The van der Waals surface area contributed by atoms with Crippen molar-refractivity contribution in [1.29, 1.82) is 0 Å². The molecule has 0 radical (unpaired) electrons. The van der Waals surface area contributed by atoms with E-state index in [1.165, 1.54) is 6.92 Å². The van der Waals surface area contributed by atoms with Gasteiger partial charge >= 0.3 is 11.9 Å². The fourth-order valence-electron chi connectivity index (χ4n) is 2.70. The fraction of sp³-hybridized carbons (Fsp3) is 0.538. The summed E-state index contributed by atoms with van der Waals surface area (Å²) in [5.41, 5.74) is -1.09. The van der Waals surface area contributed by atoms with Gasteiger partial charge in [-0.3, -0.25) is 4.98 Å². The van der Waals surface area contributed by atoms with Gasteiger partial charge in [0.05, 0.1) is 0 Å². The van der Waals surface area contributed by atoms with Gasteiger partial charge in [-0.15, -0.1) is 0 Å². The Morgan fingerprint density at radius 1 is 1.35 bits per heavy atom. The lowest BCUT2D eigenvalue weighted by Crippen LogP contribution is -2.36. The van der Waals surface area contributed by atoms with E-state index < -0.39 is 17.6 Å². The monoisotopic (exact) mass is 328 g/mol. The highest BCUT2D eigenvalue weighted by Gasteiger charge is 2.34. The molecule has 0 spiro atoms. The van der Waals surface area contributed by atoms with E-state index in [-0.39, 0.29) is 17.6 Å². The van der Waals surface area contributed by atoms with Crippen LogP contribution in [0.4, 0.5) is 19.1 Å². The van der Waals surface area contributed by atoms with Gasteiger partial charge in [0.1, 0.15) is 11.5 Å². The first-order valence-corrected chi connectivity index (χ1v) is 7.15. The minimum atomic E-state index is -4.51. The van der Waals surface area contributed by atoms with Gasteiger partial charge < -0.3 is 4.90 Å². The molecule has 1 saturated heterocycles. The second-order valence-corrected chi connectivity index (χ2v) is 5.54. The van der Waals surface area contributed by atoms with E-state index in [1.807, 2.05) is 0 Å². The van der Waals surface area contributed by atoms with E-state index in [0.717, 1.165) is 18.9 Å². The quantitative estimate of drug-likeness (QED) is 0.874. The summed E-state index contributed by atoms with van der Waals surface area (Å²) >= 11 is 0. The van der Waals surface area contributed by atoms with E-state index in [2.05, 4.69) is 25.1 Å². The molecule has 1 atom stereocenters. The zero-order chi connectivity index (χ0) is 16.6. The van der Waals surface area contributed by atoms with Crippen molar-refractivity contribution in [3.63, 3.8) is 0 Å². The Balaban J connectivity index is 1.86. The number of hydrogen-bond acceptors (Lipinski definition) is 5. The summed E-state index contributed by atoms with van der Waals surface area (Å²) in [5.74, 6) is 0.476. The van der Waals surface area contributed by atoms with Crippen molar-refractivity contribution < 1.29 is 13.2 Å². The Morgan fingerprint density at radius 3 is 2.78 bits per heavy atom. The minimum Gasteiger partial charge on any atom is -0.340 e. The van der Waals surface area contributed by atoms with Gasteiger partial charge in [0.25, 0.3) is 0 Å². The molecule has 1 fully saturated rings. The predicted octanol–water partition coefficient (Wildman–Crippen LogP) is 1.60. The molecule has 124 valence electrons. The maximum atomic E-state index is 12.9. The van der Waals surface area contributed by atoms with Crippen molar-refractivity contribution in [2.45, 2.75) is 31.9 Å². The molecule has 2 N–H and O–H groups in total. The molecule has 2 aromatic rings. The van der Waals surface area contributed by atoms with E-state index in [1.54, 1.807) is 4.90 Å². The van der Waals surface area contributed by atoms with Crippen LogP contribution in [-0.4, -0.2) is 38.2 Å². The molecule has 0 saturated carbocycles. The molecular weight excluding hydrogens is 313 g/mol. The topological polar surface area (TPSA) is 90.6 Å². The summed E-state index contributed by atoms with van der Waals surface area (Å²) in [5, 5.41) is 6.20. The van der Waals surface area contributed by atoms with Gasteiger partial charge in [-0.1, -0.05) is 0 Å². The van der Waals surface area contributed by atoms with Crippen molar-refractivity contribution in [2.75, 3.05) is 18.0 Å². The third-order valence-corrected chi connectivity index (χ3v) is 3.74. The lowest BCUT2D eigenvalue weighted by atomic mass is 9.98. The van der Waals surface area contributed by atoms with Crippen molar-refractivity contribution in [3.8, 4) is 0 Å². The standard InChI is InChI=1S/C13H15F3N6O/c1-7-5-9(13(14,15)16)18-11(17-7)22-4-2-3-8(6-22)10-19-12(23)21-20-10/h5,8H,2-4,6H2,1H3,(H2,19,20,21,23). The number of nitrogens with zero attached hydrogens (tertiary/aromatic N) is 4. The van der Waals surface area contributed by atoms with E-state index in [9.17, 15) is 18.0 Å². The molecule has 0 aliphatic carbocycles. The fourth-order valence-corrected chi connectivity index (χ4v) is 2.70. The number of aromatic nitrogens is 5. The van der Waals surface area contributed by atoms with Gasteiger partial charge in [0.2, 0.25) is 5.95 Å². The second kappa shape index (κ2) is 5.67. The van der Waals surface area contributed by atoms with Crippen LogP contribution in [0.15, 0.2) is 10.9 Å². The van der Waals surface area contributed by atoms with Crippen LogP contribution in [0.5, 0.6) is 0 Å². The Bertz CT molecular complexity index is 753. The lowest BCUT2D eigenvalue weighted by molar-refractivity contribution is -0.141. The lowest BCUT2D eigenvalue weighted by Gasteiger charge is -2.32. The van der Waals surface area contributed by atoms with Gasteiger partial charge in [-0.25, -0.2) is 19.9 Å². The largest absolute Gasteiger partial charge is 0.433 e. The normalized spacial score (nSPS) is 19.1. The van der Waals surface area contributed by atoms with Crippen LogP contribution < -0.4 is 10.6 Å². The molecule has 7 nitrogen and oxygen atoms in total. The number of halogens is 3. The number of anilines is 1. The van der Waals surface area contributed by atoms with Crippen LogP contribution in [0.2, 0.25) is 0 Å². The summed E-state index contributed by atoms with van der Waals surface area (Å²) < 4.78 is 38.7. The molecule has 1 aliphatic rings. The number of aryl methyl sites for hydroxylation is 1. The van der Waals surface area contributed by atoms with Crippen molar-refractivity contribution in [2.24, 2.45) is 0 Å². The Morgan fingerprint density at radius 2 is 2.13 bits per heavy atom. The summed E-state index contributed by atoms with van der Waals surface area (Å²) in [7, 11) is 0. The molecule has 3 rings (SSSR count). The van der Waals surface area contributed by atoms with Crippen LogP contribution in [0.1, 0.15) is 36.0 Å². The third kappa shape index (κ3) is 3.35. The smallest absolute Gasteiger partial charge is 0.340 e. The zero-order valence-corrected chi connectivity index (χ0v) is 12.3. The number of rotatable bonds is 2. The molecule has 0 amide bonds. The SMILES string of the molecule is Cc1cc(C(F)(F)F)nc(N2CCCC(c3n[nH]c(=O)[nH]3)C2)n1. The molecule has 0 bridgehead atoms. The first-order valence-electron chi connectivity index (χ1n) is 7.15. The van der Waals surface area contributed by atoms with E-state index >= 15 is 0 Å². The minimum absolute atomic E-state index is 0.0555. The zero-order valence-electron chi connectivity index (χ0n) is 12.3. The van der Waals surface area contributed by atoms with Crippen molar-refractivity contribution in [3.05, 3.63) is 33.8 Å². The highest BCUT2D eigenvalue weighted by atomic mass is 19.4. The molecule has 0 aromatic carbocycles. The average molecular weight is 328 g/mol. The van der Waals surface area contributed by atoms with Crippen LogP contribution in [0, 0.1) is 6.92 Å². The number of piperidine rings is 1. The van der Waals surface area contributed by atoms with Crippen LogP contribution in [0.25, 0.3) is 0 Å². The molecular formula is C13H15F3N6O. The number of alkyl halides is 3. The summed E-state index contributed by atoms with van der Waals surface area (Å²) in [6, 6.07) is 0.927. The van der Waals surface area contributed by atoms with Crippen LogP contribution in [-0.2, 0) is 6.18 Å². The first kappa shape index (κ1) is 15.5. The highest BCUT2D eigenvalue weighted by molar-refractivity contribution is 5.34. The first-order chi connectivity index (χ1) is 10.8. The predicted molar refractivity (Wildman–Crippen MR) is 75.2 cm³/mol. The molecule has 1 unspecified atom stereocenters. The highest BCUT2D eigenvalue weighted by Crippen LogP contribution is 2.31. The molecule has 10 heteroatoms. The van der Waals surface area contributed by atoms with Gasteiger partial charge in [0.15, 0.2) is 0 Å². The molecule has 1 aliphatic heterocycles. The van der Waals surface area contributed by atoms with Gasteiger partial charge in [0, 0.05) is 24.7 Å². The molecule has 23 heavy (non-hydrogen) atoms. The second-order valence-electron chi connectivity index (χ2n) is 5.54. The number of H-pyrrole nitrogens is 2. The van der Waals surface area contributed by atoms with Gasteiger partial charge in [-0.05, 0) is 25.8 Å². The Hall–Kier alpha value is -2.39. The Labute approximate surface area is 129 Å². The summed E-state index contributed by atoms with van der Waals surface area (Å²) in [6.07, 6.45) is -2.97. The maximum absolute atomic E-state index is 12.9. The number of nitrogens with one attached hydrogen (secondary N) is 2. The molecule has 2 aromatic heterocycles. The van der Waals surface area contributed by atoms with Crippen LogP contribution >= 0.6 is 0 Å². The van der Waals surface area contributed by atoms with E-state index in [0.29, 0.717) is 18.9 Å². The van der Waals surface area contributed by atoms with E-state index in [4.69, 9.17) is 0 Å². The average Bonchev–Trinajstić information content (AvgIpc) is 2.92. The maximum Gasteiger partial charge on any atom is 0.433 e.